The number of nitrogens with one attached hydrogen (secondary N) is 1. The number of benzene rings is 1. The van der Waals surface area contributed by atoms with Crippen LogP contribution in [-0.2, 0) is 6.54 Å². The molecular formula is C11H11N3O2. The molecule has 1 aliphatic heterocycles. The minimum Gasteiger partial charge on any atom is -0.321 e. The van der Waals surface area contributed by atoms with E-state index in [1.165, 1.54) is 0 Å². The Morgan fingerprint density at radius 1 is 1.38 bits per heavy atom. The van der Waals surface area contributed by atoms with Crippen molar-refractivity contribution in [1.29, 1.82) is 0 Å². The van der Waals surface area contributed by atoms with Crippen molar-refractivity contribution in [2.75, 3.05) is 12.5 Å². The van der Waals surface area contributed by atoms with Crippen molar-refractivity contribution in [3.63, 3.8) is 0 Å². The van der Waals surface area contributed by atoms with Crippen molar-refractivity contribution in [2.45, 2.75) is 6.54 Å². The maximum atomic E-state index is 11.8. The summed E-state index contributed by atoms with van der Waals surface area (Å²) in [5.41, 5.74) is 4.58. The molecule has 5 heteroatoms. The predicted octanol–water partition coefficient (Wildman–Crippen LogP) is 1.86. The molecule has 1 aliphatic rings. The molecule has 0 radical (unpaired) electrons. The normalized spacial score (nSPS) is 14.6. The van der Waals surface area contributed by atoms with Gasteiger partial charge in [0.1, 0.15) is 0 Å². The Kier molecular flexibility index (Phi) is 1.73. The lowest BCUT2D eigenvalue weighted by Crippen LogP contribution is -2.21. The number of anilines is 1. The maximum Gasteiger partial charge on any atom is 0.329 e. The first-order valence-electron chi connectivity index (χ1n) is 5.00. The zero-order valence-corrected chi connectivity index (χ0v) is 8.77. The number of hydrogen-bond acceptors (Lipinski definition) is 3. The molecule has 5 nitrogen and oxygen atoms in total. The van der Waals surface area contributed by atoms with Crippen LogP contribution in [0.4, 0.5) is 10.5 Å². The van der Waals surface area contributed by atoms with Crippen molar-refractivity contribution in [1.82, 2.24) is 9.47 Å². The summed E-state index contributed by atoms with van der Waals surface area (Å²) in [6.07, 6.45) is 0. The van der Waals surface area contributed by atoms with Gasteiger partial charge in [-0.25, -0.2) is 4.79 Å². The van der Waals surface area contributed by atoms with E-state index in [1.54, 1.807) is 22.6 Å². The van der Waals surface area contributed by atoms with Gasteiger partial charge in [-0.1, -0.05) is 0 Å². The maximum absolute atomic E-state index is 11.8. The van der Waals surface area contributed by atoms with Crippen LogP contribution in [0.15, 0.2) is 24.3 Å². The molecule has 1 aromatic carbocycles. The van der Waals surface area contributed by atoms with Crippen LogP contribution in [0.3, 0.4) is 0 Å². The fourth-order valence-corrected chi connectivity index (χ4v) is 2.17. The molecular weight excluding hydrogens is 206 g/mol. The molecule has 16 heavy (non-hydrogen) atoms. The monoisotopic (exact) mass is 217 g/mol. The van der Waals surface area contributed by atoms with Gasteiger partial charge in [-0.05, 0) is 24.3 Å². The van der Waals surface area contributed by atoms with Crippen molar-refractivity contribution in [3.05, 3.63) is 30.0 Å². The smallest absolute Gasteiger partial charge is 0.321 e. The van der Waals surface area contributed by atoms with E-state index < -0.39 is 0 Å². The summed E-state index contributed by atoms with van der Waals surface area (Å²) in [7, 11) is 1.78. The fraction of sp³-hybridized carbons (Fsp3) is 0.182. The van der Waals surface area contributed by atoms with E-state index in [0.29, 0.717) is 12.2 Å². The lowest BCUT2D eigenvalue weighted by molar-refractivity contribution is 0.220. The van der Waals surface area contributed by atoms with E-state index in [2.05, 4.69) is 5.48 Å². The van der Waals surface area contributed by atoms with E-state index in [4.69, 9.17) is 5.21 Å². The van der Waals surface area contributed by atoms with Gasteiger partial charge in [0, 0.05) is 18.1 Å². The molecule has 0 fully saturated rings. The van der Waals surface area contributed by atoms with E-state index in [9.17, 15) is 4.79 Å². The Morgan fingerprint density at radius 2 is 2.19 bits per heavy atom. The van der Waals surface area contributed by atoms with Crippen LogP contribution in [0.1, 0.15) is 5.69 Å². The van der Waals surface area contributed by atoms with Gasteiger partial charge in [-0.3, -0.25) is 15.3 Å². The molecule has 0 unspecified atom stereocenters. The van der Waals surface area contributed by atoms with E-state index in [0.717, 1.165) is 16.6 Å². The quantitative estimate of drug-likeness (QED) is 0.717. The molecule has 0 saturated heterocycles. The SMILES string of the molecule is CN1Cc2cc3cc(NO)ccc3n2C1=O. The van der Waals surface area contributed by atoms with Crippen molar-refractivity contribution in [3.8, 4) is 0 Å². The first-order chi connectivity index (χ1) is 7.70. The molecule has 2 N–H and O–H groups in total. The summed E-state index contributed by atoms with van der Waals surface area (Å²) >= 11 is 0. The molecule has 0 aliphatic carbocycles. The molecule has 0 bridgehead atoms. The highest BCUT2D eigenvalue weighted by molar-refractivity contribution is 5.95. The summed E-state index contributed by atoms with van der Waals surface area (Å²) in [5, 5.41) is 9.76. The standard InChI is InChI=1S/C11H11N3O2/c1-13-6-9-5-7-4-8(12-16)2-3-10(7)14(9)11(13)15/h2-5,12,16H,6H2,1H3. The third-order valence-corrected chi connectivity index (χ3v) is 2.92. The summed E-state index contributed by atoms with van der Waals surface area (Å²) in [6, 6.07) is 7.34. The number of fused-ring (bicyclic) bond motifs is 3. The number of aromatic nitrogens is 1. The molecule has 1 amide bonds. The average Bonchev–Trinajstić information content (AvgIpc) is 2.76. The molecule has 2 aromatic rings. The Morgan fingerprint density at radius 3 is 2.94 bits per heavy atom. The second-order valence-electron chi connectivity index (χ2n) is 4.00. The molecule has 0 saturated carbocycles. The molecule has 1 aromatic heterocycles. The van der Waals surface area contributed by atoms with Crippen LogP contribution in [0, 0.1) is 0 Å². The largest absolute Gasteiger partial charge is 0.329 e. The van der Waals surface area contributed by atoms with Gasteiger partial charge in [0.05, 0.1) is 17.7 Å². The molecule has 82 valence electrons. The highest BCUT2D eigenvalue weighted by Crippen LogP contribution is 2.27. The predicted molar refractivity (Wildman–Crippen MR) is 59.6 cm³/mol. The average molecular weight is 217 g/mol. The van der Waals surface area contributed by atoms with E-state index in [-0.39, 0.29) is 6.03 Å². The Balaban J connectivity index is 2.26. The van der Waals surface area contributed by atoms with E-state index in [1.807, 2.05) is 18.2 Å². The summed E-state index contributed by atoms with van der Waals surface area (Å²) in [5.74, 6) is 0. The zero-order chi connectivity index (χ0) is 11.3. The van der Waals surface area contributed by atoms with Gasteiger partial charge >= 0.3 is 6.03 Å². The number of nitrogens with zero attached hydrogens (tertiary/aromatic N) is 2. The van der Waals surface area contributed by atoms with Crippen molar-refractivity contribution in [2.24, 2.45) is 0 Å². The first-order valence-corrected chi connectivity index (χ1v) is 5.00. The van der Waals surface area contributed by atoms with E-state index >= 15 is 0 Å². The van der Waals surface area contributed by atoms with Gasteiger partial charge < -0.3 is 4.90 Å². The van der Waals surface area contributed by atoms with Crippen LogP contribution in [0.25, 0.3) is 10.9 Å². The van der Waals surface area contributed by atoms with Crippen LogP contribution >= 0.6 is 0 Å². The highest BCUT2D eigenvalue weighted by atomic mass is 16.5. The number of carbonyl (C=O) groups is 1. The minimum atomic E-state index is -0.00490. The topological polar surface area (TPSA) is 57.5 Å². The highest BCUT2D eigenvalue weighted by Gasteiger charge is 2.25. The summed E-state index contributed by atoms with van der Waals surface area (Å²) < 4.78 is 1.70. The summed E-state index contributed by atoms with van der Waals surface area (Å²) in [6.45, 7) is 0.634. The molecule has 2 heterocycles. The second-order valence-corrected chi connectivity index (χ2v) is 4.00. The van der Waals surface area contributed by atoms with Gasteiger partial charge in [-0.2, -0.15) is 0 Å². The third kappa shape index (κ3) is 1.06. The van der Waals surface area contributed by atoms with Crippen LogP contribution in [-0.4, -0.2) is 27.8 Å². The molecule has 0 atom stereocenters. The Bertz CT molecular complexity index is 588. The lowest BCUT2D eigenvalue weighted by atomic mass is 10.2. The van der Waals surface area contributed by atoms with Gasteiger partial charge in [-0.15, -0.1) is 0 Å². The lowest BCUT2D eigenvalue weighted by Gasteiger charge is -2.07. The number of amides is 1. The van der Waals surface area contributed by atoms with Gasteiger partial charge in [0.2, 0.25) is 0 Å². The number of rotatable bonds is 1. The Labute approximate surface area is 91.8 Å². The van der Waals surface area contributed by atoms with Crippen molar-refractivity contribution >= 4 is 22.6 Å². The number of hydrogen-bond donors (Lipinski definition) is 2. The first kappa shape index (κ1) is 9.23. The Hall–Kier alpha value is -2.01. The zero-order valence-electron chi connectivity index (χ0n) is 8.77. The van der Waals surface area contributed by atoms with Crippen LogP contribution < -0.4 is 5.48 Å². The fourth-order valence-electron chi connectivity index (χ4n) is 2.17. The summed E-state index contributed by atoms with van der Waals surface area (Å²) in [4.78, 5) is 13.5. The van der Waals surface area contributed by atoms with Crippen molar-refractivity contribution < 1.29 is 10.0 Å². The molecule has 0 spiro atoms. The second kappa shape index (κ2) is 2.99. The van der Waals surface area contributed by atoms with Crippen LogP contribution in [0.2, 0.25) is 0 Å². The van der Waals surface area contributed by atoms with Gasteiger partial charge in [0.25, 0.3) is 0 Å². The third-order valence-electron chi connectivity index (χ3n) is 2.92. The van der Waals surface area contributed by atoms with Gasteiger partial charge in [0.15, 0.2) is 0 Å². The molecule has 3 rings (SSSR count). The van der Waals surface area contributed by atoms with Crippen LogP contribution in [0.5, 0.6) is 0 Å². The minimum absolute atomic E-state index is 0.00490. The number of carbonyl (C=O) groups excluding carboxylic acids is 1.